The standard InChI is InChI=1S/C9H7NO2/c11-8-5-3-1-2-4-6(5)12-9-7(8)10-9/h1-4,7,9-10H. The van der Waals surface area contributed by atoms with Gasteiger partial charge in [0.15, 0.2) is 12.0 Å². The second-order valence-corrected chi connectivity index (χ2v) is 3.04. The van der Waals surface area contributed by atoms with E-state index in [1.807, 2.05) is 18.2 Å². The van der Waals surface area contributed by atoms with Gasteiger partial charge in [-0.2, -0.15) is 0 Å². The van der Waals surface area contributed by atoms with E-state index in [0.717, 1.165) is 0 Å². The molecule has 2 atom stereocenters. The predicted molar refractivity (Wildman–Crippen MR) is 42.1 cm³/mol. The fourth-order valence-corrected chi connectivity index (χ4v) is 1.51. The highest BCUT2D eigenvalue weighted by atomic mass is 16.5. The molecule has 0 amide bonds. The van der Waals surface area contributed by atoms with Gasteiger partial charge in [-0.05, 0) is 12.1 Å². The van der Waals surface area contributed by atoms with Crippen molar-refractivity contribution in [3.8, 4) is 5.75 Å². The predicted octanol–water partition coefficient (Wildman–Crippen LogP) is 0.560. The van der Waals surface area contributed by atoms with Crippen LogP contribution in [0, 0.1) is 0 Å². The Morgan fingerprint density at radius 1 is 1.33 bits per heavy atom. The Morgan fingerprint density at radius 3 is 3.08 bits per heavy atom. The van der Waals surface area contributed by atoms with Crippen molar-refractivity contribution in [3.05, 3.63) is 29.8 Å². The number of carbonyl (C=O) groups is 1. The minimum absolute atomic E-state index is 0.0626. The molecule has 3 heteroatoms. The quantitative estimate of drug-likeness (QED) is 0.565. The summed E-state index contributed by atoms with van der Waals surface area (Å²) in [7, 11) is 0. The van der Waals surface area contributed by atoms with Crippen LogP contribution < -0.4 is 10.1 Å². The van der Waals surface area contributed by atoms with Crippen molar-refractivity contribution in [2.45, 2.75) is 12.3 Å². The first kappa shape index (κ1) is 6.20. The molecular weight excluding hydrogens is 154 g/mol. The lowest BCUT2D eigenvalue weighted by molar-refractivity contribution is 0.0954. The molecule has 60 valence electrons. The van der Waals surface area contributed by atoms with Crippen LogP contribution in [-0.4, -0.2) is 18.1 Å². The van der Waals surface area contributed by atoms with Crippen molar-refractivity contribution >= 4 is 5.78 Å². The van der Waals surface area contributed by atoms with Crippen LogP contribution in [0.3, 0.4) is 0 Å². The van der Waals surface area contributed by atoms with Gasteiger partial charge in [-0.3, -0.25) is 10.1 Å². The van der Waals surface area contributed by atoms with Gasteiger partial charge >= 0.3 is 0 Å². The third kappa shape index (κ3) is 0.662. The van der Waals surface area contributed by atoms with E-state index in [1.165, 1.54) is 0 Å². The Kier molecular flexibility index (Phi) is 0.966. The minimum atomic E-state index is -0.0834. The molecule has 1 saturated heterocycles. The monoisotopic (exact) mass is 161 g/mol. The molecule has 2 aliphatic heterocycles. The van der Waals surface area contributed by atoms with Crippen LogP contribution in [0.15, 0.2) is 24.3 Å². The summed E-state index contributed by atoms with van der Waals surface area (Å²) >= 11 is 0. The largest absolute Gasteiger partial charge is 0.472 e. The fourth-order valence-electron chi connectivity index (χ4n) is 1.51. The second kappa shape index (κ2) is 1.87. The van der Waals surface area contributed by atoms with Crippen LogP contribution in [0.25, 0.3) is 0 Å². The number of carbonyl (C=O) groups excluding carboxylic acids is 1. The van der Waals surface area contributed by atoms with E-state index < -0.39 is 0 Å². The Bertz CT molecular complexity index is 361. The van der Waals surface area contributed by atoms with Crippen molar-refractivity contribution in [2.24, 2.45) is 0 Å². The number of Topliss-reactive ketones (excluding diaryl/α,β-unsaturated/α-hetero) is 1. The first-order chi connectivity index (χ1) is 5.86. The fraction of sp³-hybridized carbons (Fsp3) is 0.222. The molecule has 0 saturated carbocycles. The Morgan fingerprint density at radius 2 is 2.17 bits per heavy atom. The molecule has 3 nitrogen and oxygen atoms in total. The van der Waals surface area contributed by atoms with Gasteiger partial charge in [-0.15, -0.1) is 0 Å². The van der Waals surface area contributed by atoms with Crippen LogP contribution in [0.4, 0.5) is 0 Å². The number of nitrogens with one attached hydrogen (secondary N) is 1. The first-order valence-corrected chi connectivity index (χ1v) is 3.92. The smallest absolute Gasteiger partial charge is 0.188 e. The number of rotatable bonds is 0. The zero-order valence-corrected chi connectivity index (χ0v) is 6.28. The van der Waals surface area contributed by atoms with Gasteiger partial charge < -0.3 is 4.74 Å². The van der Waals surface area contributed by atoms with Crippen molar-refractivity contribution in [2.75, 3.05) is 0 Å². The molecule has 2 aliphatic rings. The first-order valence-electron chi connectivity index (χ1n) is 3.92. The lowest BCUT2D eigenvalue weighted by atomic mass is 10.1. The van der Waals surface area contributed by atoms with Crippen molar-refractivity contribution in [1.82, 2.24) is 5.32 Å². The Labute approximate surface area is 69.3 Å². The summed E-state index contributed by atoms with van der Waals surface area (Å²) in [6.07, 6.45) is -0.0626. The van der Waals surface area contributed by atoms with E-state index in [2.05, 4.69) is 5.32 Å². The summed E-state index contributed by atoms with van der Waals surface area (Å²) in [6, 6.07) is 7.26. The van der Waals surface area contributed by atoms with Gasteiger partial charge in [-0.25, -0.2) is 0 Å². The molecule has 0 aliphatic carbocycles. The molecule has 0 aromatic heterocycles. The number of hydrogen-bond donors (Lipinski definition) is 1. The van der Waals surface area contributed by atoms with Crippen LogP contribution in [0.2, 0.25) is 0 Å². The van der Waals surface area contributed by atoms with Gasteiger partial charge in [0.2, 0.25) is 0 Å². The van der Waals surface area contributed by atoms with E-state index in [0.29, 0.717) is 11.3 Å². The Balaban J connectivity index is 2.17. The van der Waals surface area contributed by atoms with Crippen molar-refractivity contribution in [3.63, 3.8) is 0 Å². The maximum atomic E-state index is 11.5. The van der Waals surface area contributed by atoms with E-state index in [1.54, 1.807) is 6.07 Å². The van der Waals surface area contributed by atoms with Crippen LogP contribution in [0.1, 0.15) is 10.4 Å². The summed E-state index contributed by atoms with van der Waals surface area (Å²) < 4.78 is 5.44. The van der Waals surface area contributed by atoms with Crippen LogP contribution in [0.5, 0.6) is 5.75 Å². The molecule has 0 spiro atoms. The zero-order valence-electron chi connectivity index (χ0n) is 6.28. The van der Waals surface area contributed by atoms with E-state index in [9.17, 15) is 4.79 Å². The maximum Gasteiger partial charge on any atom is 0.188 e. The normalized spacial score (nSPS) is 30.2. The van der Waals surface area contributed by atoms with Gasteiger partial charge in [-0.1, -0.05) is 12.1 Å². The third-order valence-corrected chi connectivity index (χ3v) is 2.23. The molecular formula is C9H7NO2. The minimum Gasteiger partial charge on any atom is -0.472 e. The average Bonchev–Trinajstić information content (AvgIpc) is 2.84. The molecule has 3 rings (SSSR count). The number of benzene rings is 1. The third-order valence-electron chi connectivity index (χ3n) is 2.23. The molecule has 0 bridgehead atoms. The number of ether oxygens (including phenoxy) is 1. The zero-order chi connectivity index (χ0) is 8.13. The summed E-state index contributed by atoms with van der Waals surface area (Å²) in [4.78, 5) is 11.5. The van der Waals surface area contributed by atoms with Crippen molar-refractivity contribution < 1.29 is 9.53 Å². The van der Waals surface area contributed by atoms with Gasteiger partial charge in [0.05, 0.1) is 5.56 Å². The number of para-hydroxylation sites is 1. The molecule has 1 aromatic carbocycles. The average molecular weight is 161 g/mol. The maximum absolute atomic E-state index is 11.5. The van der Waals surface area contributed by atoms with Gasteiger partial charge in [0, 0.05) is 0 Å². The highest BCUT2D eigenvalue weighted by Crippen LogP contribution is 2.32. The molecule has 1 fully saturated rings. The molecule has 2 unspecified atom stereocenters. The molecule has 2 heterocycles. The van der Waals surface area contributed by atoms with Crippen molar-refractivity contribution in [1.29, 1.82) is 0 Å². The number of fused-ring (bicyclic) bond motifs is 2. The van der Waals surface area contributed by atoms with E-state index in [4.69, 9.17) is 4.74 Å². The Hall–Kier alpha value is -1.35. The summed E-state index contributed by atoms with van der Waals surface area (Å²) in [5.41, 5.74) is 0.698. The lowest BCUT2D eigenvalue weighted by Gasteiger charge is -2.12. The number of hydrogen-bond acceptors (Lipinski definition) is 3. The molecule has 1 N–H and O–H groups in total. The van der Waals surface area contributed by atoms with E-state index in [-0.39, 0.29) is 18.1 Å². The van der Waals surface area contributed by atoms with Gasteiger partial charge in [0.25, 0.3) is 0 Å². The highest BCUT2D eigenvalue weighted by Gasteiger charge is 2.49. The van der Waals surface area contributed by atoms with E-state index >= 15 is 0 Å². The van der Waals surface area contributed by atoms with Gasteiger partial charge in [0.1, 0.15) is 11.8 Å². The summed E-state index contributed by atoms with van der Waals surface area (Å²) in [6.45, 7) is 0. The summed E-state index contributed by atoms with van der Waals surface area (Å²) in [5, 5.41) is 2.96. The van der Waals surface area contributed by atoms with Crippen LogP contribution in [-0.2, 0) is 0 Å². The highest BCUT2D eigenvalue weighted by molar-refractivity contribution is 6.05. The molecule has 0 radical (unpaired) electrons. The van der Waals surface area contributed by atoms with Crippen LogP contribution >= 0.6 is 0 Å². The SMILES string of the molecule is O=C1c2ccccc2OC2NC12. The lowest BCUT2D eigenvalue weighted by Crippen LogP contribution is -2.20. The molecule has 1 aromatic rings. The molecule has 12 heavy (non-hydrogen) atoms. The topological polar surface area (TPSA) is 48.2 Å². The second-order valence-electron chi connectivity index (χ2n) is 3.04. The summed E-state index contributed by atoms with van der Waals surface area (Å²) in [5.74, 6) is 0.857. The number of ketones is 1.